The van der Waals surface area contributed by atoms with E-state index in [1.165, 1.54) is 0 Å². The fourth-order valence-corrected chi connectivity index (χ4v) is 2.75. The van der Waals surface area contributed by atoms with Crippen LogP contribution in [-0.2, 0) is 16.0 Å². The van der Waals surface area contributed by atoms with Crippen LogP contribution in [0.2, 0.25) is 0 Å². The van der Waals surface area contributed by atoms with E-state index in [1.54, 1.807) is 13.2 Å². The first-order valence-corrected chi connectivity index (χ1v) is 7.69. The molecule has 0 aliphatic heterocycles. The molecule has 6 nitrogen and oxygen atoms in total. The molecule has 23 heavy (non-hydrogen) atoms. The predicted molar refractivity (Wildman–Crippen MR) is 89.3 cm³/mol. The number of benzene rings is 1. The van der Waals surface area contributed by atoms with Gasteiger partial charge in [-0.25, -0.2) is 4.79 Å². The third-order valence-corrected chi connectivity index (χ3v) is 3.97. The molecule has 2 rings (SSSR count). The number of aromatic amines is 1. The average Bonchev–Trinajstić information content (AvgIpc) is 2.90. The number of rotatable bonds is 7. The number of nitrogens with one attached hydrogen (secondary N) is 3. The van der Waals surface area contributed by atoms with Gasteiger partial charge in [-0.15, -0.1) is 0 Å². The van der Waals surface area contributed by atoms with Gasteiger partial charge < -0.3 is 20.7 Å². The number of para-hydroxylation sites is 1. The third-order valence-electron chi connectivity index (χ3n) is 3.97. The van der Waals surface area contributed by atoms with Crippen molar-refractivity contribution in [3.05, 3.63) is 36.0 Å². The molecule has 0 fully saturated rings. The zero-order chi connectivity index (χ0) is 17.0. The fourth-order valence-electron chi connectivity index (χ4n) is 2.75. The van der Waals surface area contributed by atoms with Crippen molar-refractivity contribution in [1.29, 1.82) is 0 Å². The van der Waals surface area contributed by atoms with E-state index in [1.807, 2.05) is 38.1 Å². The number of aromatic nitrogens is 1. The number of fused-ring (bicyclic) bond motifs is 1. The van der Waals surface area contributed by atoms with Crippen molar-refractivity contribution >= 4 is 22.8 Å². The fraction of sp³-hybridized carbons (Fsp3) is 0.412. The summed E-state index contributed by atoms with van der Waals surface area (Å²) >= 11 is 0. The van der Waals surface area contributed by atoms with Crippen LogP contribution in [0.5, 0.6) is 0 Å². The van der Waals surface area contributed by atoms with Crippen LogP contribution in [0.25, 0.3) is 10.9 Å². The van der Waals surface area contributed by atoms with Gasteiger partial charge in [0.2, 0.25) is 5.91 Å². The third kappa shape index (κ3) is 3.90. The highest BCUT2D eigenvalue weighted by Crippen LogP contribution is 2.19. The molecule has 0 aliphatic rings. The van der Waals surface area contributed by atoms with Crippen molar-refractivity contribution in [3.63, 3.8) is 0 Å². The number of carbonyl (C=O) groups excluding carboxylic acids is 1. The molecule has 6 heteroatoms. The Labute approximate surface area is 135 Å². The molecule has 0 radical (unpaired) electrons. The number of hydrogen-bond donors (Lipinski definition) is 4. The topological polar surface area (TPSA) is 94.2 Å². The molecule has 0 spiro atoms. The van der Waals surface area contributed by atoms with Gasteiger partial charge in [0.05, 0.1) is 6.04 Å². The average molecular weight is 317 g/mol. The quantitative estimate of drug-likeness (QED) is 0.623. The van der Waals surface area contributed by atoms with Gasteiger partial charge >= 0.3 is 5.97 Å². The van der Waals surface area contributed by atoms with Crippen LogP contribution < -0.4 is 10.6 Å². The second-order valence-electron chi connectivity index (χ2n) is 5.97. The molecule has 0 aliphatic carbocycles. The van der Waals surface area contributed by atoms with Crippen molar-refractivity contribution in [2.75, 3.05) is 7.05 Å². The number of carboxylic acids is 1. The molecule has 0 saturated heterocycles. The SMILES string of the molecule is CN[C@H](C(=O)N[C@@H](Cc1c[nH]c2ccccc12)C(=O)O)C(C)C. The smallest absolute Gasteiger partial charge is 0.326 e. The number of likely N-dealkylation sites (N-methyl/N-ethyl adjacent to an activating group) is 1. The van der Waals surface area contributed by atoms with Crippen molar-refractivity contribution in [1.82, 2.24) is 15.6 Å². The minimum atomic E-state index is -1.04. The van der Waals surface area contributed by atoms with Gasteiger partial charge in [-0.3, -0.25) is 4.79 Å². The van der Waals surface area contributed by atoms with Gasteiger partial charge in [-0.05, 0) is 24.6 Å². The molecular formula is C17H23N3O3. The summed E-state index contributed by atoms with van der Waals surface area (Å²) < 4.78 is 0. The molecule has 1 amide bonds. The van der Waals surface area contributed by atoms with E-state index in [0.717, 1.165) is 16.5 Å². The van der Waals surface area contributed by atoms with Gasteiger partial charge in [0.15, 0.2) is 0 Å². The lowest BCUT2D eigenvalue weighted by Gasteiger charge is -2.22. The monoisotopic (exact) mass is 317 g/mol. The maximum atomic E-state index is 12.3. The Morgan fingerprint density at radius 1 is 1.26 bits per heavy atom. The Morgan fingerprint density at radius 3 is 2.57 bits per heavy atom. The van der Waals surface area contributed by atoms with Gasteiger partial charge in [-0.2, -0.15) is 0 Å². The molecule has 4 N–H and O–H groups in total. The standard InChI is InChI=1S/C17H23N3O3/c1-10(2)15(18-3)16(21)20-14(17(22)23)8-11-9-19-13-7-5-4-6-12(11)13/h4-7,9-10,14-15,18-19H,8H2,1-3H3,(H,20,21)(H,22,23)/t14-,15-/m0/s1. The van der Waals surface area contributed by atoms with Crippen molar-refractivity contribution in [2.24, 2.45) is 5.92 Å². The summed E-state index contributed by atoms with van der Waals surface area (Å²) in [7, 11) is 1.69. The second-order valence-corrected chi connectivity index (χ2v) is 5.97. The molecular weight excluding hydrogens is 294 g/mol. The Kier molecular flexibility index (Phi) is 5.39. The summed E-state index contributed by atoms with van der Waals surface area (Å²) in [4.78, 5) is 26.9. The largest absolute Gasteiger partial charge is 0.480 e. The number of carboxylic acid groups (broad SMARTS) is 1. The summed E-state index contributed by atoms with van der Waals surface area (Å²) in [6, 6.07) is 6.31. The van der Waals surface area contributed by atoms with E-state index < -0.39 is 18.1 Å². The molecule has 1 aromatic heterocycles. The summed E-state index contributed by atoms with van der Waals surface area (Å²) in [5, 5.41) is 16.0. The molecule has 0 unspecified atom stereocenters. The van der Waals surface area contributed by atoms with Crippen LogP contribution in [0, 0.1) is 5.92 Å². The lowest BCUT2D eigenvalue weighted by atomic mass is 10.0. The number of hydrogen-bond acceptors (Lipinski definition) is 3. The number of H-pyrrole nitrogens is 1. The molecule has 2 atom stereocenters. The van der Waals surface area contributed by atoms with Gasteiger partial charge in [0, 0.05) is 23.5 Å². The Morgan fingerprint density at radius 2 is 1.96 bits per heavy atom. The molecule has 1 aromatic carbocycles. The Hall–Kier alpha value is -2.34. The van der Waals surface area contributed by atoms with E-state index in [2.05, 4.69) is 15.6 Å². The lowest BCUT2D eigenvalue weighted by molar-refractivity contribution is -0.142. The van der Waals surface area contributed by atoms with E-state index in [-0.39, 0.29) is 18.2 Å². The molecule has 0 saturated carbocycles. The summed E-state index contributed by atoms with van der Waals surface area (Å²) in [5.41, 5.74) is 1.83. The maximum absolute atomic E-state index is 12.3. The number of amides is 1. The maximum Gasteiger partial charge on any atom is 0.326 e. The highest BCUT2D eigenvalue weighted by molar-refractivity contribution is 5.88. The van der Waals surface area contributed by atoms with Crippen LogP contribution in [0.15, 0.2) is 30.5 Å². The highest BCUT2D eigenvalue weighted by atomic mass is 16.4. The van der Waals surface area contributed by atoms with Crippen LogP contribution in [0.3, 0.4) is 0 Å². The minimum Gasteiger partial charge on any atom is -0.480 e. The van der Waals surface area contributed by atoms with Crippen molar-refractivity contribution < 1.29 is 14.7 Å². The van der Waals surface area contributed by atoms with Crippen molar-refractivity contribution in [2.45, 2.75) is 32.4 Å². The minimum absolute atomic E-state index is 0.0718. The lowest BCUT2D eigenvalue weighted by Crippen LogP contribution is -2.52. The number of aliphatic carboxylic acids is 1. The van der Waals surface area contributed by atoms with Gasteiger partial charge in [0.25, 0.3) is 0 Å². The van der Waals surface area contributed by atoms with Gasteiger partial charge in [0.1, 0.15) is 6.04 Å². The first-order chi connectivity index (χ1) is 10.9. The molecule has 1 heterocycles. The van der Waals surface area contributed by atoms with E-state index in [9.17, 15) is 14.7 Å². The Bertz CT molecular complexity index is 693. The van der Waals surface area contributed by atoms with Crippen LogP contribution >= 0.6 is 0 Å². The normalized spacial score (nSPS) is 13.9. The van der Waals surface area contributed by atoms with Crippen LogP contribution in [0.1, 0.15) is 19.4 Å². The van der Waals surface area contributed by atoms with Crippen molar-refractivity contribution in [3.8, 4) is 0 Å². The van der Waals surface area contributed by atoms with Crippen LogP contribution in [0.4, 0.5) is 0 Å². The highest BCUT2D eigenvalue weighted by Gasteiger charge is 2.27. The zero-order valence-corrected chi connectivity index (χ0v) is 13.6. The predicted octanol–water partition coefficient (Wildman–Crippen LogP) is 1.52. The summed E-state index contributed by atoms with van der Waals surface area (Å²) in [6.07, 6.45) is 2.03. The first-order valence-electron chi connectivity index (χ1n) is 7.69. The molecule has 124 valence electrons. The van der Waals surface area contributed by atoms with E-state index in [0.29, 0.717) is 0 Å². The molecule has 0 bridgehead atoms. The Balaban J connectivity index is 2.16. The molecule has 2 aromatic rings. The van der Waals surface area contributed by atoms with Crippen LogP contribution in [-0.4, -0.2) is 41.1 Å². The van der Waals surface area contributed by atoms with Gasteiger partial charge in [-0.1, -0.05) is 32.0 Å². The van der Waals surface area contributed by atoms with E-state index in [4.69, 9.17) is 0 Å². The second kappa shape index (κ2) is 7.28. The van der Waals surface area contributed by atoms with E-state index >= 15 is 0 Å². The summed E-state index contributed by atoms with van der Waals surface area (Å²) in [6.45, 7) is 3.83. The first kappa shape index (κ1) is 17.0. The number of carbonyl (C=O) groups is 2. The zero-order valence-electron chi connectivity index (χ0n) is 13.6. The summed E-state index contributed by atoms with van der Waals surface area (Å²) in [5.74, 6) is -1.26.